The molecule has 5 heteroatoms. The van der Waals surface area contributed by atoms with Crippen molar-refractivity contribution in [3.05, 3.63) is 29.0 Å². The predicted octanol–water partition coefficient (Wildman–Crippen LogP) is 2.09. The lowest BCUT2D eigenvalue weighted by molar-refractivity contribution is 0.264. The van der Waals surface area contributed by atoms with E-state index >= 15 is 0 Å². The second-order valence-corrected chi connectivity index (χ2v) is 3.84. The lowest BCUT2D eigenvalue weighted by Crippen LogP contribution is -2.15. The van der Waals surface area contributed by atoms with Crippen molar-refractivity contribution in [2.24, 2.45) is 5.73 Å². The summed E-state index contributed by atoms with van der Waals surface area (Å²) in [5, 5.41) is 10.2. The summed E-state index contributed by atoms with van der Waals surface area (Å²) in [7, 11) is 1.55. The van der Waals surface area contributed by atoms with E-state index < -0.39 is 6.04 Å². The lowest BCUT2D eigenvalue weighted by atomic mass is 10.1. The number of halogens is 1. The van der Waals surface area contributed by atoms with Crippen molar-refractivity contribution in [2.45, 2.75) is 6.04 Å². The SMILES string of the molecule is COc1cc2cc(Cl)oc2cc1C(N)CO. The highest BCUT2D eigenvalue weighted by Crippen LogP contribution is 2.32. The van der Waals surface area contributed by atoms with Gasteiger partial charge < -0.3 is 20.0 Å². The summed E-state index contributed by atoms with van der Waals surface area (Å²) < 4.78 is 10.5. The maximum Gasteiger partial charge on any atom is 0.194 e. The van der Waals surface area contributed by atoms with Gasteiger partial charge in [-0.25, -0.2) is 0 Å². The van der Waals surface area contributed by atoms with Crippen molar-refractivity contribution in [1.29, 1.82) is 0 Å². The van der Waals surface area contributed by atoms with Gasteiger partial charge in [0, 0.05) is 17.0 Å². The number of rotatable bonds is 3. The van der Waals surface area contributed by atoms with E-state index in [4.69, 9.17) is 31.6 Å². The predicted molar refractivity (Wildman–Crippen MR) is 61.8 cm³/mol. The molecule has 0 aliphatic carbocycles. The van der Waals surface area contributed by atoms with Gasteiger partial charge in [0.1, 0.15) is 11.3 Å². The van der Waals surface area contributed by atoms with E-state index in [0.29, 0.717) is 22.1 Å². The number of aliphatic hydroxyl groups excluding tert-OH is 1. The number of ether oxygens (including phenoxy) is 1. The molecule has 1 aromatic carbocycles. The van der Waals surface area contributed by atoms with Crippen LogP contribution in [0, 0.1) is 0 Å². The monoisotopic (exact) mass is 241 g/mol. The molecule has 0 fully saturated rings. The lowest BCUT2D eigenvalue weighted by Gasteiger charge is -2.13. The van der Waals surface area contributed by atoms with E-state index in [1.807, 2.05) is 0 Å². The fourth-order valence-electron chi connectivity index (χ4n) is 1.61. The van der Waals surface area contributed by atoms with Crippen molar-refractivity contribution in [3.8, 4) is 5.75 Å². The van der Waals surface area contributed by atoms with Crippen LogP contribution < -0.4 is 10.5 Å². The van der Waals surface area contributed by atoms with Crippen molar-refractivity contribution >= 4 is 22.6 Å². The number of hydrogen-bond acceptors (Lipinski definition) is 4. The molecule has 2 aromatic rings. The van der Waals surface area contributed by atoms with Crippen LogP contribution in [0.4, 0.5) is 0 Å². The summed E-state index contributed by atoms with van der Waals surface area (Å²) in [5.41, 5.74) is 7.09. The normalized spacial score (nSPS) is 13.0. The third kappa shape index (κ3) is 1.87. The standard InChI is InChI=1S/C11H12ClNO3/c1-15-10-2-6-3-11(12)16-9(6)4-7(10)8(13)5-14/h2-4,8,14H,5,13H2,1H3. The fraction of sp³-hybridized carbons (Fsp3) is 0.273. The highest BCUT2D eigenvalue weighted by molar-refractivity contribution is 6.29. The number of fused-ring (bicyclic) bond motifs is 1. The Morgan fingerprint density at radius 2 is 2.25 bits per heavy atom. The molecule has 1 atom stereocenters. The van der Waals surface area contributed by atoms with E-state index in [9.17, 15) is 0 Å². The van der Waals surface area contributed by atoms with Gasteiger partial charge in [0.15, 0.2) is 5.22 Å². The largest absolute Gasteiger partial charge is 0.496 e. The van der Waals surface area contributed by atoms with Gasteiger partial charge in [0.25, 0.3) is 0 Å². The average molecular weight is 242 g/mol. The molecule has 3 N–H and O–H groups in total. The highest BCUT2D eigenvalue weighted by atomic mass is 35.5. The minimum atomic E-state index is -0.497. The molecule has 1 unspecified atom stereocenters. The first-order valence-corrected chi connectivity index (χ1v) is 5.17. The Hall–Kier alpha value is -1.23. The first-order valence-electron chi connectivity index (χ1n) is 4.79. The van der Waals surface area contributed by atoms with Gasteiger partial charge in [-0.1, -0.05) is 0 Å². The summed E-state index contributed by atoms with van der Waals surface area (Å²) >= 11 is 5.76. The average Bonchev–Trinajstić information content (AvgIpc) is 2.65. The van der Waals surface area contributed by atoms with Crippen molar-refractivity contribution < 1.29 is 14.3 Å². The van der Waals surface area contributed by atoms with Gasteiger partial charge in [-0.2, -0.15) is 0 Å². The third-order valence-corrected chi connectivity index (χ3v) is 2.62. The van der Waals surface area contributed by atoms with Crippen LogP contribution in [0.1, 0.15) is 11.6 Å². The smallest absolute Gasteiger partial charge is 0.194 e. The topological polar surface area (TPSA) is 68.6 Å². The van der Waals surface area contributed by atoms with Crippen molar-refractivity contribution in [2.75, 3.05) is 13.7 Å². The number of hydrogen-bond donors (Lipinski definition) is 2. The van der Waals surface area contributed by atoms with Crippen molar-refractivity contribution in [1.82, 2.24) is 0 Å². The fourth-order valence-corrected chi connectivity index (χ4v) is 1.81. The zero-order valence-electron chi connectivity index (χ0n) is 8.74. The van der Waals surface area contributed by atoms with Crippen LogP contribution in [0.2, 0.25) is 5.22 Å². The van der Waals surface area contributed by atoms with E-state index in [-0.39, 0.29) is 6.61 Å². The molecule has 86 valence electrons. The molecule has 4 nitrogen and oxygen atoms in total. The van der Waals surface area contributed by atoms with E-state index in [2.05, 4.69) is 0 Å². The van der Waals surface area contributed by atoms with Gasteiger partial charge in [-0.15, -0.1) is 0 Å². The van der Waals surface area contributed by atoms with Crippen LogP contribution in [-0.2, 0) is 0 Å². The van der Waals surface area contributed by atoms with Gasteiger partial charge in [0.2, 0.25) is 0 Å². The number of furan rings is 1. The number of benzene rings is 1. The molecule has 0 radical (unpaired) electrons. The van der Waals surface area contributed by atoms with Gasteiger partial charge in [-0.05, 0) is 23.7 Å². The number of methoxy groups -OCH3 is 1. The summed E-state index contributed by atoms with van der Waals surface area (Å²) in [6.07, 6.45) is 0. The van der Waals surface area contributed by atoms with Crippen LogP contribution in [0.5, 0.6) is 5.75 Å². The van der Waals surface area contributed by atoms with Crippen molar-refractivity contribution in [3.63, 3.8) is 0 Å². The Labute approximate surface area is 97.6 Å². The van der Waals surface area contributed by atoms with Crippen LogP contribution in [0.3, 0.4) is 0 Å². The molecule has 0 bridgehead atoms. The molecule has 16 heavy (non-hydrogen) atoms. The summed E-state index contributed by atoms with van der Waals surface area (Å²) in [4.78, 5) is 0. The molecule has 0 saturated carbocycles. The first kappa shape index (κ1) is 11.3. The third-order valence-electron chi connectivity index (χ3n) is 2.43. The van der Waals surface area contributed by atoms with Crippen LogP contribution >= 0.6 is 11.6 Å². The quantitative estimate of drug-likeness (QED) is 0.863. The zero-order chi connectivity index (χ0) is 11.7. The summed E-state index contributed by atoms with van der Waals surface area (Å²) in [5.74, 6) is 0.617. The second-order valence-electron chi connectivity index (χ2n) is 3.47. The van der Waals surface area contributed by atoms with Gasteiger partial charge in [-0.3, -0.25) is 0 Å². The molecule has 1 heterocycles. The van der Waals surface area contributed by atoms with E-state index in [1.54, 1.807) is 25.3 Å². The molecule has 0 spiro atoms. The minimum absolute atomic E-state index is 0.156. The van der Waals surface area contributed by atoms with Crippen LogP contribution in [-0.4, -0.2) is 18.8 Å². The van der Waals surface area contributed by atoms with E-state index in [0.717, 1.165) is 5.39 Å². The Morgan fingerprint density at radius 1 is 1.50 bits per heavy atom. The summed E-state index contributed by atoms with van der Waals surface area (Å²) in [6, 6.07) is 4.73. The Balaban J connectivity index is 2.61. The molecular formula is C11H12ClNO3. The first-order chi connectivity index (χ1) is 7.65. The van der Waals surface area contributed by atoms with Crippen LogP contribution in [0.15, 0.2) is 22.6 Å². The molecule has 1 aromatic heterocycles. The molecule has 0 amide bonds. The van der Waals surface area contributed by atoms with E-state index in [1.165, 1.54) is 0 Å². The Bertz CT molecular complexity index is 509. The molecule has 0 aliphatic heterocycles. The highest BCUT2D eigenvalue weighted by Gasteiger charge is 2.14. The number of aliphatic hydroxyl groups is 1. The minimum Gasteiger partial charge on any atom is -0.496 e. The second kappa shape index (κ2) is 4.33. The molecule has 2 rings (SSSR count). The molecular weight excluding hydrogens is 230 g/mol. The molecule has 0 aliphatic rings. The van der Waals surface area contributed by atoms with Crippen LogP contribution in [0.25, 0.3) is 11.0 Å². The van der Waals surface area contributed by atoms with Gasteiger partial charge >= 0.3 is 0 Å². The maximum absolute atomic E-state index is 9.05. The molecule has 0 saturated heterocycles. The zero-order valence-corrected chi connectivity index (χ0v) is 9.49. The maximum atomic E-state index is 9.05. The van der Waals surface area contributed by atoms with Gasteiger partial charge in [0.05, 0.1) is 19.8 Å². The Kier molecular flexibility index (Phi) is 3.05. The Morgan fingerprint density at radius 3 is 2.88 bits per heavy atom. The summed E-state index contributed by atoms with van der Waals surface area (Å²) in [6.45, 7) is -0.156. The number of nitrogens with two attached hydrogens (primary N) is 1.